The van der Waals surface area contributed by atoms with E-state index >= 15 is 0 Å². The maximum atomic E-state index is 3.91. The van der Waals surface area contributed by atoms with Crippen molar-refractivity contribution >= 4 is 0 Å². The van der Waals surface area contributed by atoms with Crippen LogP contribution in [-0.2, 0) is 6.42 Å². The SMILES string of the molecule is C=C(CCCc1ccc(C)cc1)NC. The summed E-state index contributed by atoms with van der Waals surface area (Å²) in [5.41, 5.74) is 3.87. The molecule has 0 aliphatic heterocycles. The Labute approximate surface area is 86.8 Å². The van der Waals surface area contributed by atoms with Crippen molar-refractivity contribution in [3.63, 3.8) is 0 Å². The van der Waals surface area contributed by atoms with Gasteiger partial charge in [-0.15, -0.1) is 0 Å². The van der Waals surface area contributed by atoms with Crippen molar-refractivity contribution in [1.82, 2.24) is 5.32 Å². The van der Waals surface area contributed by atoms with Crippen molar-refractivity contribution in [2.45, 2.75) is 26.2 Å². The molecule has 1 heteroatoms. The molecule has 0 unspecified atom stereocenters. The number of benzene rings is 1. The number of allylic oxidation sites excluding steroid dienone is 1. The summed E-state index contributed by atoms with van der Waals surface area (Å²) in [4.78, 5) is 0. The topological polar surface area (TPSA) is 12.0 Å². The summed E-state index contributed by atoms with van der Waals surface area (Å²) in [7, 11) is 1.92. The molecule has 0 aromatic heterocycles. The van der Waals surface area contributed by atoms with Crippen molar-refractivity contribution < 1.29 is 0 Å². The van der Waals surface area contributed by atoms with Crippen LogP contribution in [0.25, 0.3) is 0 Å². The van der Waals surface area contributed by atoms with E-state index in [1.54, 1.807) is 0 Å². The minimum absolute atomic E-state index is 1.06. The van der Waals surface area contributed by atoms with Crippen molar-refractivity contribution in [2.75, 3.05) is 7.05 Å². The second kappa shape index (κ2) is 5.48. The number of nitrogens with one attached hydrogen (secondary N) is 1. The van der Waals surface area contributed by atoms with Gasteiger partial charge in [-0.2, -0.15) is 0 Å². The van der Waals surface area contributed by atoms with Gasteiger partial charge in [-0.1, -0.05) is 36.4 Å². The third-order valence-corrected chi connectivity index (χ3v) is 2.42. The van der Waals surface area contributed by atoms with Gasteiger partial charge in [0.15, 0.2) is 0 Å². The number of hydrogen-bond acceptors (Lipinski definition) is 1. The minimum Gasteiger partial charge on any atom is -0.392 e. The Bertz CT molecular complexity index is 285. The van der Waals surface area contributed by atoms with Crippen LogP contribution >= 0.6 is 0 Å². The predicted octanol–water partition coefficient (Wildman–Crippen LogP) is 3.05. The maximum Gasteiger partial charge on any atom is 0.00311 e. The molecule has 14 heavy (non-hydrogen) atoms. The van der Waals surface area contributed by atoms with Gasteiger partial charge in [0.1, 0.15) is 0 Å². The predicted molar refractivity (Wildman–Crippen MR) is 62.3 cm³/mol. The van der Waals surface area contributed by atoms with Gasteiger partial charge in [-0.3, -0.25) is 0 Å². The molecule has 0 saturated carbocycles. The fourth-order valence-corrected chi connectivity index (χ4v) is 1.39. The first-order valence-corrected chi connectivity index (χ1v) is 5.13. The first-order valence-electron chi connectivity index (χ1n) is 5.13. The molecule has 0 fully saturated rings. The van der Waals surface area contributed by atoms with E-state index in [1.165, 1.54) is 17.5 Å². The van der Waals surface area contributed by atoms with Crippen LogP contribution in [0.1, 0.15) is 24.0 Å². The molecule has 0 aliphatic carbocycles. The molecule has 1 N–H and O–H groups in total. The minimum atomic E-state index is 1.06. The molecular formula is C13H19N. The first kappa shape index (κ1) is 10.8. The Morgan fingerprint density at radius 2 is 1.93 bits per heavy atom. The Morgan fingerprint density at radius 3 is 2.50 bits per heavy atom. The highest BCUT2D eigenvalue weighted by molar-refractivity contribution is 5.21. The van der Waals surface area contributed by atoms with Crippen molar-refractivity contribution in [3.8, 4) is 0 Å². The van der Waals surface area contributed by atoms with Crippen molar-refractivity contribution in [2.24, 2.45) is 0 Å². The molecule has 1 nitrogen and oxygen atoms in total. The zero-order valence-electron chi connectivity index (χ0n) is 9.14. The summed E-state index contributed by atoms with van der Waals surface area (Å²) < 4.78 is 0. The first-order chi connectivity index (χ1) is 6.72. The third kappa shape index (κ3) is 3.65. The highest BCUT2D eigenvalue weighted by Gasteiger charge is 1.94. The molecule has 0 heterocycles. The summed E-state index contributed by atoms with van der Waals surface area (Å²) in [5, 5.41) is 3.07. The molecule has 1 aromatic carbocycles. The van der Waals surface area contributed by atoms with Gasteiger partial charge in [0.2, 0.25) is 0 Å². The lowest BCUT2D eigenvalue weighted by atomic mass is 10.1. The quantitative estimate of drug-likeness (QED) is 0.750. The Kier molecular flexibility index (Phi) is 4.24. The zero-order chi connectivity index (χ0) is 10.4. The Balaban J connectivity index is 2.31. The van der Waals surface area contributed by atoms with E-state index in [4.69, 9.17) is 0 Å². The van der Waals surface area contributed by atoms with E-state index in [2.05, 4.69) is 43.1 Å². The molecule has 0 aliphatic rings. The molecule has 1 aromatic rings. The van der Waals surface area contributed by atoms with Gasteiger partial charge in [0, 0.05) is 12.7 Å². The second-order valence-electron chi connectivity index (χ2n) is 3.69. The molecule has 0 atom stereocenters. The number of aryl methyl sites for hydroxylation is 2. The fraction of sp³-hybridized carbons (Fsp3) is 0.385. The smallest absolute Gasteiger partial charge is 0.00311 e. The molecule has 0 spiro atoms. The van der Waals surface area contributed by atoms with Gasteiger partial charge in [0.05, 0.1) is 0 Å². The normalized spacial score (nSPS) is 9.86. The van der Waals surface area contributed by atoms with Crippen LogP contribution in [0, 0.1) is 6.92 Å². The van der Waals surface area contributed by atoms with Gasteiger partial charge >= 0.3 is 0 Å². The number of hydrogen-bond donors (Lipinski definition) is 1. The van der Waals surface area contributed by atoms with Crippen molar-refractivity contribution in [3.05, 3.63) is 47.7 Å². The summed E-state index contributed by atoms with van der Waals surface area (Å²) in [6.45, 7) is 6.03. The molecule has 0 bridgehead atoms. The van der Waals surface area contributed by atoms with Crippen LogP contribution < -0.4 is 5.32 Å². The van der Waals surface area contributed by atoms with Gasteiger partial charge in [0.25, 0.3) is 0 Å². The third-order valence-electron chi connectivity index (χ3n) is 2.42. The Morgan fingerprint density at radius 1 is 1.29 bits per heavy atom. The lowest BCUT2D eigenvalue weighted by Gasteiger charge is -2.04. The average Bonchev–Trinajstić information content (AvgIpc) is 2.21. The van der Waals surface area contributed by atoms with Crippen LogP contribution in [0.15, 0.2) is 36.5 Å². The molecule has 1 rings (SSSR count). The lowest BCUT2D eigenvalue weighted by Crippen LogP contribution is -2.04. The summed E-state index contributed by atoms with van der Waals surface area (Å²) >= 11 is 0. The van der Waals surface area contributed by atoms with E-state index in [0.717, 1.165) is 18.5 Å². The van der Waals surface area contributed by atoms with Gasteiger partial charge in [-0.25, -0.2) is 0 Å². The highest BCUT2D eigenvalue weighted by Crippen LogP contribution is 2.08. The lowest BCUT2D eigenvalue weighted by molar-refractivity contribution is 0.764. The molecule has 0 radical (unpaired) electrons. The van der Waals surface area contributed by atoms with E-state index in [1.807, 2.05) is 7.05 Å². The summed E-state index contributed by atoms with van der Waals surface area (Å²) in [6.07, 6.45) is 3.37. The van der Waals surface area contributed by atoms with Gasteiger partial charge in [-0.05, 0) is 31.7 Å². The van der Waals surface area contributed by atoms with E-state index in [-0.39, 0.29) is 0 Å². The molecule has 76 valence electrons. The standard InChI is InChI=1S/C13H19N/c1-11-7-9-13(10-8-11)6-4-5-12(2)14-3/h7-10,14H,2,4-6H2,1,3H3. The second-order valence-corrected chi connectivity index (χ2v) is 3.69. The van der Waals surface area contributed by atoms with Crippen LogP contribution in [0.2, 0.25) is 0 Å². The fourth-order valence-electron chi connectivity index (χ4n) is 1.39. The number of rotatable bonds is 5. The summed E-state index contributed by atoms with van der Waals surface area (Å²) in [6, 6.07) is 8.75. The zero-order valence-corrected chi connectivity index (χ0v) is 9.14. The van der Waals surface area contributed by atoms with Crippen LogP contribution in [-0.4, -0.2) is 7.05 Å². The average molecular weight is 189 g/mol. The largest absolute Gasteiger partial charge is 0.392 e. The van der Waals surface area contributed by atoms with E-state index in [0.29, 0.717) is 0 Å². The molecule has 0 saturated heterocycles. The molecular weight excluding hydrogens is 170 g/mol. The van der Waals surface area contributed by atoms with Crippen LogP contribution in [0.5, 0.6) is 0 Å². The summed E-state index contributed by atoms with van der Waals surface area (Å²) in [5.74, 6) is 0. The van der Waals surface area contributed by atoms with Gasteiger partial charge < -0.3 is 5.32 Å². The van der Waals surface area contributed by atoms with Crippen LogP contribution in [0.4, 0.5) is 0 Å². The monoisotopic (exact) mass is 189 g/mol. The highest BCUT2D eigenvalue weighted by atomic mass is 14.8. The Hall–Kier alpha value is -1.24. The van der Waals surface area contributed by atoms with E-state index < -0.39 is 0 Å². The molecule has 0 amide bonds. The van der Waals surface area contributed by atoms with Crippen LogP contribution in [0.3, 0.4) is 0 Å². The van der Waals surface area contributed by atoms with E-state index in [9.17, 15) is 0 Å². The van der Waals surface area contributed by atoms with Crippen molar-refractivity contribution in [1.29, 1.82) is 0 Å². The maximum absolute atomic E-state index is 3.91.